The summed E-state index contributed by atoms with van der Waals surface area (Å²) in [7, 11) is 0. The number of carboxylic acids is 1. The van der Waals surface area contributed by atoms with Crippen LogP contribution in [0.1, 0.15) is 29.9 Å². The highest BCUT2D eigenvalue weighted by molar-refractivity contribution is 5.82. The number of hydrogen-bond acceptors (Lipinski definition) is 5. The molecular weight excluding hydrogens is 412 g/mol. The van der Waals surface area contributed by atoms with Gasteiger partial charge in [-0.25, -0.2) is 4.79 Å². The Morgan fingerprint density at radius 3 is 2.25 bits per heavy atom. The van der Waals surface area contributed by atoms with Gasteiger partial charge in [-0.1, -0.05) is 48.5 Å². The van der Waals surface area contributed by atoms with Gasteiger partial charge in [-0.05, 0) is 34.6 Å². The molecule has 4 rings (SSSR count). The molecule has 4 N–H and O–H groups in total. The molecule has 1 unspecified atom stereocenters. The molecule has 0 bridgehead atoms. The number of benzene rings is 2. The lowest BCUT2D eigenvalue weighted by atomic mass is 9.98. The summed E-state index contributed by atoms with van der Waals surface area (Å²) >= 11 is 0. The maximum Gasteiger partial charge on any atom is 0.407 e. The number of aliphatic hydroxyl groups is 1. The smallest absolute Gasteiger partial charge is 0.407 e. The highest BCUT2D eigenvalue weighted by Crippen LogP contribution is 2.44. The zero-order valence-corrected chi connectivity index (χ0v) is 17.5. The number of nitrogens with one attached hydrogen (secondary N) is 2. The molecule has 0 heterocycles. The second-order valence-corrected chi connectivity index (χ2v) is 8.31. The third-order valence-corrected chi connectivity index (χ3v) is 6.03. The van der Waals surface area contributed by atoms with Gasteiger partial charge in [0.15, 0.2) is 0 Å². The van der Waals surface area contributed by atoms with E-state index >= 15 is 0 Å². The predicted molar refractivity (Wildman–Crippen MR) is 116 cm³/mol. The molecule has 3 atom stereocenters. The Labute approximate surface area is 185 Å². The van der Waals surface area contributed by atoms with Crippen molar-refractivity contribution >= 4 is 18.0 Å². The molecule has 2 aromatic carbocycles. The van der Waals surface area contributed by atoms with Crippen molar-refractivity contribution in [1.29, 1.82) is 0 Å². The third kappa shape index (κ3) is 4.91. The number of carboxylic acid groups (broad SMARTS) is 1. The van der Waals surface area contributed by atoms with Crippen molar-refractivity contribution in [3.8, 4) is 11.1 Å². The van der Waals surface area contributed by atoms with Crippen LogP contribution in [0.3, 0.4) is 0 Å². The van der Waals surface area contributed by atoms with Crippen LogP contribution in [0.25, 0.3) is 11.1 Å². The molecule has 0 spiro atoms. The average Bonchev–Trinajstić information content (AvgIpc) is 3.49. The summed E-state index contributed by atoms with van der Waals surface area (Å²) in [5.74, 6) is -1.62. The first-order chi connectivity index (χ1) is 15.4. The van der Waals surface area contributed by atoms with Crippen LogP contribution in [0.2, 0.25) is 0 Å². The largest absolute Gasteiger partial charge is 0.481 e. The van der Waals surface area contributed by atoms with Crippen molar-refractivity contribution in [2.24, 2.45) is 11.8 Å². The van der Waals surface area contributed by atoms with Gasteiger partial charge >= 0.3 is 12.1 Å². The third-order valence-electron chi connectivity index (χ3n) is 6.03. The van der Waals surface area contributed by atoms with Crippen LogP contribution >= 0.6 is 0 Å². The summed E-state index contributed by atoms with van der Waals surface area (Å²) in [6.07, 6.45) is -1.43. The minimum Gasteiger partial charge on any atom is -0.481 e. The molecule has 168 valence electrons. The first-order valence-electron chi connectivity index (χ1n) is 10.7. The van der Waals surface area contributed by atoms with Gasteiger partial charge < -0.3 is 25.6 Å². The Morgan fingerprint density at radius 2 is 1.62 bits per heavy atom. The molecule has 8 heteroatoms. The molecule has 2 aliphatic carbocycles. The number of amides is 2. The van der Waals surface area contributed by atoms with Gasteiger partial charge in [-0.2, -0.15) is 0 Å². The number of ether oxygens (including phenoxy) is 1. The van der Waals surface area contributed by atoms with E-state index in [1.165, 1.54) is 0 Å². The van der Waals surface area contributed by atoms with E-state index in [9.17, 15) is 19.5 Å². The van der Waals surface area contributed by atoms with E-state index in [1.54, 1.807) is 0 Å². The quantitative estimate of drug-likeness (QED) is 0.475. The lowest BCUT2D eigenvalue weighted by molar-refractivity contribution is -0.139. The molecule has 2 aromatic rings. The molecular formula is C24H26N2O6. The highest BCUT2D eigenvalue weighted by atomic mass is 16.5. The molecule has 1 saturated carbocycles. The Morgan fingerprint density at radius 1 is 1.00 bits per heavy atom. The van der Waals surface area contributed by atoms with Crippen LogP contribution in [0.4, 0.5) is 4.79 Å². The maximum absolute atomic E-state index is 12.2. The van der Waals surface area contributed by atoms with E-state index < -0.39 is 24.6 Å². The Balaban J connectivity index is 1.21. The van der Waals surface area contributed by atoms with Crippen LogP contribution in [0.15, 0.2) is 48.5 Å². The van der Waals surface area contributed by atoms with Gasteiger partial charge in [0.25, 0.3) is 0 Å². The van der Waals surface area contributed by atoms with Gasteiger partial charge in [-0.15, -0.1) is 0 Å². The van der Waals surface area contributed by atoms with Gasteiger partial charge in [-0.3, -0.25) is 9.59 Å². The molecule has 1 fully saturated rings. The predicted octanol–water partition coefficient (Wildman–Crippen LogP) is 2.11. The molecule has 2 amide bonds. The minimum absolute atomic E-state index is 0.00657. The van der Waals surface area contributed by atoms with Crippen LogP contribution in [0.5, 0.6) is 0 Å². The highest BCUT2D eigenvalue weighted by Gasteiger charge is 2.43. The van der Waals surface area contributed by atoms with E-state index in [2.05, 4.69) is 34.9 Å². The van der Waals surface area contributed by atoms with Crippen LogP contribution in [-0.2, 0) is 14.3 Å². The van der Waals surface area contributed by atoms with E-state index in [4.69, 9.17) is 9.84 Å². The SMILES string of the molecule is O=C(O)CC(O)CNC(=O)[C@H]1C[C@H]1CNC(=O)OCC1c2ccccc2-c2ccccc21. The number of alkyl carbamates (subject to hydrolysis) is 1. The van der Waals surface area contributed by atoms with Gasteiger partial charge in [0.1, 0.15) is 6.61 Å². The fraction of sp³-hybridized carbons (Fsp3) is 0.375. The Hall–Kier alpha value is -3.39. The Kier molecular flexibility index (Phi) is 6.41. The van der Waals surface area contributed by atoms with Crippen molar-refractivity contribution < 1.29 is 29.3 Å². The summed E-state index contributed by atoms with van der Waals surface area (Å²) in [6.45, 7) is 0.455. The van der Waals surface area contributed by atoms with E-state index in [1.807, 2.05) is 24.3 Å². The van der Waals surface area contributed by atoms with Crippen molar-refractivity contribution in [3.63, 3.8) is 0 Å². The fourth-order valence-electron chi connectivity index (χ4n) is 4.28. The van der Waals surface area contributed by atoms with Crippen molar-refractivity contribution in [1.82, 2.24) is 10.6 Å². The molecule has 0 aliphatic heterocycles. The molecule has 32 heavy (non-hydrogen) atoms. The summed E-state index contributed by atoms with van der Waals surface area (Å²) in [6, 6.07) is 16.2. The lowest BCUT2D eigenvalue weighted by Crippen LogP contribution is -2.35. The number of aliphatic carboxylic acids is 1. The Bertz CT molecular complexity index is 978. The number of fused-ring (bicyclic) bond motifs is 3. The van der Waals surface area contributed by atoms with Gasteiger partial charge in [0.05, 0.1) is 12.5 Å². The molecule has 2 aliphatic rings. The first-order valence-corrected chi connectivity index (χ1v) is 10.7. The number of carbonyl (C=O) groups excluding carboxylic acids is 2. The molecule has 8 nitrogen and oxygen atoms in total. The zero-order valence-electron chi connectivity index (χ0n) is 17.5. The van der Waals surface area contributed by atoms with Gasteiger partial charge in [0, 0.05) is 24.9 Å². The number of rotatable bonds is 9. The topological polar surface area (TPSA) is 125 Å². The van der Waals surface area contributed by atoms with Crippen molar-refractivity contribution in [2.45, 2.75) is 24.9 Å². The molecule has 0 radical (unpaired) electrons. The number of hydrogen-bond donors (Lipinski definition) is 4. The fourth-order valence-corrected chi connectivity index (χ4v) is 4.28. The monoisotopic (exact) mass is 438 g/mol. The number of carbonyl (C=O) groups is 3. The minimum atomic E-state index is -1.12. The van der Waals surface area contributed by atoms with Crippen LogP contribution in [-0.4, -0.2) is 54.0 Å². The van der Waals surface area contributed by atoms with E-state index in [0.717, 1.165) is 22.3 Å². The summed E-state index contributed by atoms with van der Waals surface area (Å²) < 4.78 is 5.49. The van der Waals surface area contributed by atoms with Crippen molar-refractivity contribution in [2.75, 3.05) is 19.7 Å². The second kappa shape index (κ2) is 9.40. The van der Waals surface area contributed by atoms with Crippen LogP contribution in [0, 0.1) is 11.8 Å². The second-order valence-electron chi connectivity index (χ2n) is 8.31. The van der Waals surface area contributed by atoms with E-state index in [-0.39, 0.29) is 36.8 Å². The normalized spacial score (nSPS) is 19.4. The van der Waals surface area contributed by atoms with Gasteiger partial charge in [0.2, 0.25) is 5.91 Å². The average molecular weight is 438 g/mol. The summed E-state index contributed by atoms with van der Waals surface area (Å²) in [4.78, 5) is 34.8. The van der Waals surface area contributed by atoms with Crippen LogP contribution < -0.4 is 10.6 Å². The summed E-state index contributed by atoms with van der Waals surface area (Å²) in [5.41, 5.74) is 4.62. The first kappa shape index (κ1) is 21.8. The maximum atomic E-state index is 12.2. The zero-order chi connectivity index (χ0) is 22.7. The van der Waals surface area contributed by atoms with Crippen molar-refractivity contribution in [3.05, 3.63) is 59.7 Å². The number of aliphatic hydroxyl groups excluding tert-OH is 1. The lowest BCUT2D eigenvalue weighted by Gasteiger charge is -2.14. The summed E-state index contributed by atoms with van der Waals surface area (Å²) in [5, 5.41) is 23.4. The van der Waals surface area contributed by atoms with E-state index in [0.29, 0.717) is 13.0 Å². The standard InChI is InChI=1S/C24H26N2O6/c27-15(10-22(28)29)12-25-23(30)20-9-14(20)11-26-24(31)32-13-21-18-7-3-1-5-16(18)17-6-2-4-8-19(17)21/h1-8,14-15,20-21,27H,9-13H2,(H,25,30)(H,26,31)(H,28,29)/t14-,15?,20-/m0/s1. The molecule has 0 aromatic heterocycles. The molecule has 0 saturated heterocycles.